The van der Waals surface area contributed by atoms with Crippen molar-refractivity contribution in [2.75, 3.05) is 19.6 Å². The highest BCUT2D eigenvalue weighted by molar-refractivity contribution is 5.95. The van der Waals surface area contributed by atoms with Gasteiger partial charge in [0.15, 0.2) is 0 Å². The van der Waals surface area contributed by atoms with Crippen molar-refractivity contribution in [3.05, 3.63) is 35.6 Å². The van der Waals surface area contributed by atoms with Crippen LogP contribution in [0.2, 0.25) is 0 Å². The van der Waals surface area contributed by atoms with Gasteiger partial charge in [-0.05, 0) is 57.7 Å². The molecule has 218 valence electrons. The number of benzene rings is 1. The number of ketones is 1. The number of piperidine rings is 2. The second-order valence-corrected chi connectivity index (χ2v) is 12.1. The van der Waals surface area contributed by atoms with Crippen LogP contribution in [0.5, 0.6) is 0 Å². The number of likely N-dealkylation sites (tertiary alicyclic amines) is 3. The third kappa shape index (κ3) is 5.15. The van der Waals surface area contributed by atoms with Crippen LogP contribution < -0.4 is 5.32 Å². The van der Waals surface area contributed by atoms with Crippen LogP contribution in [0.3, 0.4) is 0 Å². The molecule has 4 aliphatic rings. The van der Waals surface area contributed by atoms with Crippen LogP contribution in [0.15, 0.2) is 24.3 Å². The molecule has 3 unspecified atom stereocenters. The molecule has 13 heteroatoms. The zero-order valence-corrected chi connectivity index (χ0v) is 22.5. The summed E-state index contributed by atoms with van der Waals surface area (Å²) in [7, 11) is 0. The lowest BCUT2D eigenvalue weighted by Gasteiger charge is -2.41. The van der Waals surface area contributed by atoms with Gasteiger partial charge >= 0.3 is 12.3 Å². The molecule has 1 aliphatic carbocycles. The number of halogens is 4. The fourth-order valence-electron chi connectivity index (χ4n) is 6.51. The number of piperazine rings is 1. The molecule has 0 spiro atoms. The molecule has 1 aromatic carbocycles. The fraction of sp³-hybridized carbons (Fsp3) is 0.630. The van der Waals surface area contributed by atoms with Crippen molar-refractivity contribution in [3.8, 4) is 0 Å². The first-order chi connectivity index (χ1) is 18.6. The third-order valence-electron chi connectivity index (χ3n) is 8.17. The number of alkyl carbamates (subject to hydrolysis) is 1. The molecule has 1 aromatic rings. The van der Waals surface area contributed by atoms with Crippen LogP contribution in [0.1, 0.15) is 45.6 Å². The predicted molar refractivity (Wildman–Crippen MR) is 132 cm³/mol. The Balaban J connectivity index is 1.33. The van der Waals surface area contributed by atoms with Crippen LogP contribution in [-0.2, 0) is 25.7 Å². The van der Waals surface area contributed by atoms with Crippen molar-refractivity contribution >= 4 is 23.7 Å². The molecular formula is C27H32F4N4O5. The molecular weight excluding hydrogens is 536 g/mol. The molecule has 3 aliphatic heterocycles. The van der Waals surface area contributed by atoms with Gasteiger partial charge in [-0.1, -0.05) is 12.1 Å². The van der Waals surface area contributed by atoms with E-state index in [0.29, 0.717) is 12.1 Å². The van der Waals surface area contributed by atoms with Gasteiger partial charge < -0.3 is 19.9 Å². The van der Waals surface area contributed by atoms with E-state index in [2.05, 4.69) is 5.32 Å². The number of ether oxygens (including phenoxy) is 1. The Bertz CT molecular complexity index is 1230. The second-order valence-electron chi connectivity index (χ2n) is 12.1. The lowest BCUT2D eigenvalue weighted by molar-refractivity contribution is -0.177. The van der Waals surface area contributed by atoms with E-state index in [4.69, 9.17) is 4.74 Å². The van der Waals surface area contributed by atoms with Crippen LogP contribution in [0.25, 0.3) is 0 Å². The standard InChI is InChI=1S/C27H32F4N4O5/c1-25(2,3)40-24(39)32-18(22(37)34-9-5-8-19(34)21(36)27(29,30)31)13-33-14-26-11-17(26)20(33)23(38)35(26)12-15-6-4-7-16(28)10-15/h4,6-7,10,17-20H,5,8-9,11-14H2,1-3H3,(H,32,39)/t17-,18-,19?,20?,26?/m0/s1. The first-order valence-electron chi connectivity index (χ1n) is 13.3. The van der Waals surface area contributed by atoms with Gasteiger partial charge in [-0.25, -0.2) is 9.18 Å². The molecule has 1 saturated carbocycles. The normalized spacial score (nSPS) is 28.5. The Labute approximate surface area is 228 Å². The summed E-state index contributed by atoms with van der Waals surface area (Å²) in [4.78, 5) is 56.0. The maximum Gasteiger partial charge on any atom is 0.452 e. The van der Waals surface area contributed by atoms with E-state index < -0.39 is 59.0 Å². The topological polar surface area (TPSA) is 99.3 Å². The maximum absolute atomic E-state index is 13.7. The second kappa shape index (κ2) is 9.71. The highest BCUT2D eigenvalue weighted by Gasteiger charge is 2.76. The molecule has 0 radical (unpaired) electrons. The summed E-state index contributed by atoms with van der Waals surface area (Å²) in [6.07, 6.45) is -5.21. The number of rotatable bonds is 7. The molecule has 3 heterocycles. The zero-order chi connectivity index (χ0) is 29.2. The lowest BCUT2D eigenvalue weighted by Crippen LogP contribution is -2.61. The van der Waals surface area contributed by atoms with Crippen molar-refractivity contribution < 1.29 is 41.5 Å². The number of hydrogen-bond donors (Lipinski definition) is 1. The SMILES string of the molecule is CC(C)(C)OC(=O)N[C@@H](CN1CC23C[C@H]2C1C(=O)N3Cc1cccc(F)c1)C(=O)N1CCCC1C(=O)C(F)(F)F. The molecule has 3 saturated heterocycles. The van der Waals surface area contributed by atoms with Crippen LogP contribution in [0.4, 0.5) is 22.4 Å². The van der Waals surface area contributed by atoms with Gasteiger partial charge in [0.1, 0.15) is 17.5 Å². The molecule has 4 fully saturated rings. The number of carbonyl (C=O) groups is 4. The lowest BCUT2D eigenvalue weighted by atomic mass is 10.1. The van der Waals surface area contributed by atoms with Crippen LogP contribution >= 0.6 is 0 Å². The smallest absolute Gasteiger partial charge is 0.444 e. The van der Waals surface area contributed by atoms with E-state index in [0.717, 1.165) is 11.3 Å². The number of carbonyl (C=O) groups excluding carboxylic acids is 4. The monoisotopic (exact) mass is 568 g/mol. The summed E-state index contributed by atoms with van der Waals surface area (Å²) in [6.45, 7) is 5.32. The van der Waals surface area contributed by atoms with E-state index in [9.17, 15) is 36.7 Å². The first-order valence-corrected chi connectivity index (χ1v) is 13.3. The summed E-state index contributed by atoms with van der Waals surface area (Å²) in [6, 6.07) is 2.43. The van der Waals surface area contributed by atoms with Gasteiger partial charge in [0.05, 0.1) is 17.6 Å². The van der Waals surface area contributed by atoms with Crippen LogP contribution in [0, 0.1) is 11.7 Å². The number of amides is 3. The maximum atomic E-state index is 13.7. The average molecular weight is 569 g/mol. The van der Waals surface area contributed by atoms with Crippen molar-refractivity contribution in [1.82, 2.24) is 20.0 Å². The van der Waals surface area contributed by atoms with Crippen molar-refractivity contribution in [1.29, 1.82) is 0 Å². The highest BCUT2D eigenvalue weighted by Crippen LogP contribution is 2.63. The van der Waals surface area contributed by atoms with E-state index in [1.807, 2.05) is 0 Å². The van der Waals surface area contributed by atoms with Crippen molar-refractivity contribution in [2.45, 2.75) is 82.0 Å². The van der Waals surface area contributed by atoms with Gasteiger partial charge in [-0.2, -0.15) is 13.2 Å². The molecule has 1 N–H and O–H groups in total. The number of nitrogens with zero attached hydrogens (tertiary/aromatic N) is 3. The first kappa shape index (κ1) is 28.3. The highest BCUT2D eigenvalue weighted by atomic mass is 19.4. The Morgan fingerprint density at radius 3 is 2.55 bits per heavy atom. The number of alkyl halides is 3. The Morgan fingerprint density at radius 2 is 1.93 bits per heavy atom. The number of Topliss-reactive ketones (excluding diaryl/α,β-unsaturated/α-hetero) is 1. The van der Waals surface area contributed by atoms with Crippen molar-refractivity contribution in [3.63, 3.8) is 0 Å². The fourth-order valence-corrected chi connectivity index (χ4v) is 6.51. The van der Waals surface area contributed by atoms with E-state index in [1.165, 1.54) is 12.1 Å². The van der Waals surface area contributed by atoms with E-state index >= 15 is 0 Å². The molecule has 9 nitrogen and oxygen atoms in total. The molecule has 40 heavy (non-hydrogen) atoms. The third-order valence-corrected chi connectivity index (χ3v) is 8.17. The summed E-state index contributed by atoms with van der Waals surface area (Å²) < 4.78 is 58.7. The number of nitrogens with one attached hydrogen (secondary N) is 1. The number of hydrogen-bond acceptors (Lipinski definition) is 6. The summed E-state index contributed by atoms with van der Waals surface area (Å²) >= 11 is 0. The molecule has 2 bridgehead atoms. The van der Waals surface area contributed by atoms with Gasteiger partial charge in [0.25, 0.3) is 5.78 Å². The minimum Gasteiger partial charge on any atom is -0.444 e. The summed E-state index contributed by atoms with van der Waals surface area (Å²) in [5.41, 5.74) is -0.724. The van der Waals surface area contributed by atoms with E-state index in [-0.39, 0.29) is 44.3 Å². The van der Waals surface area contributed by atoms with Gasteiger partial charge in [0, 0.05) is 32.1 Å². The Kier molecular flexibility index (Phi) is 6.87. The molecule has 5 atom stereocenters. The van der Waals surface area contributed by atoms with E-state index in [1.54, 1.807) is 42.7 Å². The van der Waals surface area contributed by atoms with Gasteiger partial charge in [-0.3, -0.25) is 19.3 Å². The minimum absolute atomic E-state index is 0.00261. The van der Waals surface area contributed by atoms with Crippen molar-refractivity contribution in [2.24, 2.45) is 5.92 Å². The predicted octanol–water partition coefficient (Wildman–Crippen LogP) is 2.63. The molecule has 5 rings (SSSR count). The average Bonchev–Trinajstić information content (AvgIpc) is 3.12. The van der Waals surface area contributed by atoms with Gasteiger partial charge in [0.2, 0.25) is 11.8 Å². The molecule has 3 amide bonds. The Morgan fingerprint density at radius 1 is 1.20 bits per heavy atom. The zero-order valence-electron chi connectivity index (χ0n) is 22.5. The quantitative estimate of drug-likeness (QED) is 0.508. The largest absolute Gasteiger partial charge is 0.452 e. The van der Waals surface area contributed by atoms with Crippen LogP contribution in [-0.4, -0.2) is 93.5 Å². The summed E-state index contributed by atoms with van der Waals surface area (Å²) in [5.74, 6) is -3.42. The molecule has 0 aromatic heterocycles. The minimum atomic E-state index is -5.10. The van der Waals surface area contributed by atoms with Gasteiger partial charge in [-0.15, -0.1) is 0 Å². The Hall–Kier alpha value is -3.22. The summed E-state index contributed by atoms with van der Waals surface area (Å²) in [5, 5.41) is 2.48.